The fraction of sp³-hybridized carbons (Fsp3) is 0.750. The van der Waals surface area contributed by atoms with Gasteiger partial charge in [-0.05, 0) is 24.2 Å². The molecule has 92 valence electrons. The van der Waals surface area contributed by atoms with Gasteiger partial charge >= 0.3 is 0 Å². The van der Waals surface area contributed by atoms with Crippen molar-refractivity contribution in [1.29, 1.82) is 0 Å². The maximum atomic E-state index is 11.2. The molecule has 3 nitrogen and oxygen atoms in total. The first-order chi connectivity index (χ1) is 7.22. The lowest BCUT2D eigenvalue weighted by molar-refractivity contribution is -0.115. The molecule has 0 aromatic carbocycles. The van der Waals surface area contributed by atoms with Gasteiger partial charge in [0.25, 0.3) is 0 Å². The molecule has 0 spiro atoms. The van der Waals surface area contributed by atoms with Crippen LogP contribution >= 0.6 is 0 Å². The fourth-order valence-electron chi connectivity index (χ4n) is 1.28. The van der Waals surface area contributed by atoms with Crippen molar-refractivity contribution < 1.29 is 9.22 Å². The molecule has 0 unspecified atom stereocenters. The highest BCUT2D eigenvalue weighted by molar-refractivity contribution is 6.74. The van der Waals surface area contributed by atoms with Crippen molar-refractivity contribution in [2.24, 2.45) is 0 Å². The molecule has 0 aromatic heterocycles. The van der Waals surface area contributed by atoms with Gasteiger partial charge in [0, 0.05) is 12.6 Å². The van der Waals surface area contributed by atoms with Gasteiger partial charge in [-0.15, -0.1) is 0 Å². The zero-order valence-corrected chi connectivity index (χ0v) is 12.0. The molecule has 4 heteroatoms. The molecule has 0 aliphatic carbocycles. The van der Waals surface area contributed by atoms with Crippen LogP contribution in [0.25, 0.3) is 0 Å². The average Bonchev–Trinajstić information content (AvgIpc) is 2.13. The highest BCUT2D eigenvalue weighted by atomic mass is 28.4. The Hall–Kier alpha value is -0.613. The maximum absolute atomic E-state index is 11.2. The molecule has 0 fully saturated rings. The van der Waals surface area contributed by atoms with Crippen LogP contribution < -0.4 is 5.32 Å². The smallest absolute Gasteiger partial charge is 0.192 e. The molecule has 0 aromatic rings. The highest BCUT2D eigenvalue weighted by Gasteiger charge is 2.37. The molecule has 0 saturated carbocycles. The van der Waals surface area contributed by atoms with Gasteiger partial charge in [0.05, 0.1) is 12.6 Å². The van der Waals surface area contributed by atoms with Gasteiger partial charge in [-0.25, -0.2) is 0 Å². The van der Waals surface area contributed by atoms with E-state index in [-0.39, 0.29) is 16.9 Å². The molecule has 0 bridgehead atoms. The van der Waals surface area contributed by atoms with Gasteiger partial charge in [0.1, 0.15) is 0 Å². The summed E-state index contributed by atoms with van der Waals surface area (Å²) in [5.41, 5.74) is 0. The Morgan fingerprint density at radius 2 is 2.12 bits per heavy atom. The number of rotatable bonds is 3. The SMILES string of the molecule is CC(C)(C)[Si](C)(C)OC[C@H]1CC(=O)C=CN1. The van der Waals surface area contributed by atoms with Crippen molar-refractivity contribution in [3.05, 3.63) is 12.3 Å². The number of allylic oxidation sites excluding steroid dienone is 1. The third-order valence-electron chi connectivity index (χ3n) is 3.50. The predicted octanol–water partition coefficient (Wildman–Crippen LogP) is 2.45. The van der Waals surface area contributed by atoms with E-state index in [0.29, 0.717) is 13.0 Å². The molecule has 0 radical (unpaired) electrons. The van der Waals surface area contributed by atoms with Crippen molar-refractivity contribution in [3.8, 4) is 0 Å². The highest BCUT2D eigenvalue weighted by Crippen LogP contribution is 2.36. The lowest BCUT2D eigenvalue weighted by Gasteiger charge is -2.37. The van der Waals surface area contributed by atoms with E-state index in [0.717, 1.165) is 0 Å². The third-order valence-corrected chi connectivity index (χ3v) is 8.00. The van der Waals surface area contributed by atoms with Crippen LogP contribution in [0.5, 0.6) is 0 Å². The standard InChI is InChI=1S/C12H23NO2Si/c1-12(2,3)16(4,5)15-9-10-8-11(14)6-7-13-10/h6-7,10,13H,8-9H2,1-5H3/t10-/m1/s1. The normalized spacial score (nSPS) is 22.1. The zero-order chi connectivity index (χ0) is 12.4. The summed E-state index contributed by atoms with van der Waals surface area (Å²) in [5.74, 6) is 0.183. The van der Waals surface area contributed by atoms with Crippen molar-refractivity contribution >= 4 is 14.1 Å². The Labute approximate surface area is 99.4 Å². The van der Waals surface area contributed by atoms with Crippen LogP contribution in [0, 0.1) is 0 Å². The maximum Gasteiger partial charge on any atom is 0.192 e. The quantitative estimate of drug-likeness (QED) is 0.771. The minimum Gasteiger partial charge on any atom is -0.415 e. The molecule has 1 atom stereocenters. The Morgan fingerprint density at radius 3 is 2.62 bits per heavy atom. The Kier molecular flexibility index (Phi) is 3.96. The minimum atomic E-state index is -1.69. The van der Waals surface area contributed by atoms with Crippen LogP contribution in [0.4, 0.5) is 0 Å². The number of carbonyl (C=O) groups excluding carboxylic acids is 1. The summed E-state index contributed by atoms with van der Waals surface area (Å²) in [7, 11) is -1.69. The van der Waals surface area contributed by atoms with Gasteiger partial charge in [0.2, 0.25) is 0 Å². The second kappa shape index (κ2) is 4.71. The monoisotopic (exact) mass is 241 g/mol. The van der Waals surface area contributed by atoms with E-state index < -0.39 is 8.32 Å². The van der Waals surface area contributed by atoms with E-state index in [1.807, 2.05) is 0 Å². The second-order valence-electron chi connectivity index (χ2n) is 5.94. The van der Waals surface area contributed by atoms with Crippen molar-refractivity contribution in [3.63, 3.8) is 0 Å². The van der Waals surface area contributed by atoms with Crippen LogP contribution in [0.3, 0.4) is 0 Å². The molecule has 16 heavy (non-hydrogen) atoms. The van der Waals surface area contributed by atoms with Gasteiger partial charge in [0.15, 0.2) is 14.1 Å². The van der Waals surface area contributed by atoms with Crippen LogP contribution in [0.15, 0.2) is 12.3 Å². The molecule has 1 rings (SSSR count). The number of nitrogens with one attached hydrogen (secondary N) is 1. The topological polar surface area (TPSA) is 38.3 Å². The Bertz CT molecular complexity index is 292. The number of carbonyl (C=O) groups is 1. The summed E-state index contributed by atoms with van der Waals surface area (Å²) >= 11 is 0. The lowest BCUT2D eigenvalue weighted by Crippen LogP contribution is -2.45. The van der Waals surface area contributed by atoms with E-state index in [1.165, 1.54) is 0 Å². The van der Waals surface area contributed by atoms with E-state index >= 15 is 0 Å². The predicted molar refractivity (Wildman–Crippen MR) is 68.8 cm³/mol. The first-order valence-corrected chi connectivity index (χ1v) is 8.72. The Balaban J connectivity index is 2.46. The van der Waals surface area contributed by atoms with Gasteiger partial charge < -0.3 is 9.74 Å². The van der Waals surface area contributed by atoms with E-state index in [1.54, 1.807) is 12.3 Å². The van der Waals surface area contributed by atoms with Gasteiger partial charge in [-0.3, -0.25) is 4.79 Å². The van der Waals surface area contributed by atoms with Crippen molar-refractivity contribution in [2.45, 2.75) is 51.4 Å². The molecule has 1 heterocycles. The summed E-state index contributed by atoms with van der Waals surface area (Å²) < 4.78 is 6.07. The first kappa shape index (κ1) is 13.5. The molecule has 1 aliphatic heterocycles. The fourth-order valence-corrected chi connectivity index (χ4v) is 2.33. The Morgan fingerprint density at radius 1 is 1.50 bits per heavy atom. The van der Waals surface area contributed by atoms with E-state index in [2.05, 4.69) is 39.2 Å². The summed E-state index contributed by atoms with van der Waals surface area (Å²) in [5, 5.41) is 3.39. The molecule has 0 amide bonds. The van der Waals surface area contributed by atoms with Gasteiger partial charge in [-0.2, -0.15) is 0 Å². The second-order valence-corrected chi connectivity index (χ2v) is 10.7. The summed E-state index contributed by atoms with van der Waals surface area (Å²) in [6.07, 6.45) is 3.86. The van der Waals surface area contributed by atoms with Crippen LogP contribution in [-0.2, 0) is 9.22 Å². The third kappa shape index (κ3) is 3.45. The van der Waals surface area contributed by atoms with Crippen LogP contribution in [0.1, 0.15) is 27.2 Å². The number of hydrogen-bond donors (Lipinski definition) is 1. The van der Waals surface area contributed by atoms with E-state index in [4.69, 9.17) is 4.43 Å². The number of hydrogen-bond acceptors (Lipinski definition) is 3. The first-order valence-electron chi connectivity index (χ1n) is 5.82. The molecule has 1 aliphatic rings. The molecule has 0 saturated heterocycles. The van der Waals surface area contributed by atoms with E-state index in [9.17, 15) is 4.79 Å². The summed E-state index contributed by atoms with van der Waals surface area (Å²) in [6, 6.07) is 0.145. The molecular formula is C12H23NO2Si. The van der Waals surface area contributed by atoms with Crippen LogP contribution in [-0.4, -0.2) is 26.7 Å². The summed E-state index contributed by atoms with van der Waals surface area (Å²) in [4.78, 5) is 11.2. The van der Waals surface area contributed by atoms with Crippen molar-refractivity contribution in [2.75, 3.05) is 6.61 Å². The van der Waals surface area contributed by atoms with Crippen LogP contribution in [0.2, 0.25) is 18.1 Å². The van der Waals surface area contributed by atoms with Crippen molar-refractivity contribution in [1.82, 2.24) is 5.32 Å². The summed E-state index contributed by atoms with van der Waals surface area (Å²) in [6.45, 7) is 11.8. The lowest BCUT2D eigenvalue weighted by atomic mass is 10.1. The number of ketones is 1. The molecular weight excluding hydrogens is 218 g/mol. The average molecular weight is 241 g/mol. The van der Waals surface area contributed by atoms with Gasteiger partial charge in [-0.1, -0.05) is 20.8 Å². The largest absolute Gasteiger partial charge is 0.415 e. The molecule has 1 N–H and O–H groups in total. The zero-order valence-electron chi connectivity index (χ0n) is 11.0. The minimum absolute atomic E-state index is 0.145.